The third-order valence-electron chi connectivity index (χ3n) is 3.94. The van der Waals surface area contributed by atoms with Gasteiger partial charge in [-0.3, -0.25) is 9.59 Å². The SMILES string of the molecule is CCCc1cc(=O)[nH]c2cc(NC(=O)/C=C\c3ccccc3)ccc12. The third-order valence-corrected chi connectivity index (χ3v) is 3.94. The normalized spacial score (nSPS) is 11.1. The number of nitrogens with one attached hydrogen (secondary N) is 2. The first kappa shape index (κ1) is 16.7. The summed E-state index contributed by atoms with van der Waals surface area (Å²) < 4.78 is 0. The van der Waals surface area contributed by atoms with Crippen LogP contribution >= 0.6 is 0 Å². The number of carbonyl (C=O) groups excluding carboxylic acids is 1. The minimum absolute atomic E-state index is 0.122. The Kier molecular flexibility index (Phi) is 5.09. The number of carbonyl (C=O) groups is 1. The van der Waals surface area contributed by atoms with Crippen molar-refractivity contribution in [3.05, 3.63) is 82.2 Å². The van der Waals surface area contributed by atoms with E-state index in [0.29, 0.717) is 5.69 Å². The summed E-state index contributed by atoms with van der Waals surface area (Å²) in [5.41, 5.74) is 3.26. The Morgan fingerprint density at radius 3 is 2.68 bits per heavy atom. The van der Waals surface area contributed by atoms with Crippen molar-refractivity contribution in [2.75, 3.05) is 5.32 Å². The van der Waals surface area contributed by atoms with Gasteiger partial charge in [0.25, 0.3) is 0 Å². The number of anilines is 1. The lowest BCUT2D eigenvalue weighted by molar-refractivity contribution is -0.111. The number of benzene rings is 2. The van der Waals surface area contributed by atoms with E-state index in [4.69, 9.17) is 0 Å². The lowest BCUT2D eigenvalue weighted by atomic mass is 10.0. The molecule has 2 aromatic carbocycles. The standard InChI is InChI=1S/C21H20N2O2/c1-2-6-16-13-21(25)23-19-14-17(10-11-18(16)19)22-20(24)12-9-15-7-4-3-5-8-15/h3-5,7-14H,2,6H2,1H3,(H,22,24)(H,23,25)/b12-9-. The van der Waals surface area contributed by atoms with Crippen molar-refractivity contribution in [1.29, 1.82) is 0 Å². The molecule has 0 spiro atoms. The number of aromatic nitrogens is 1. The molecule has 4 nitrogen and oxygen atoms in total. The van der Waals surface area contributed by atoms with E-state index >= 15 is 0 Å². The van der Waals surface area contributed by atoms with Crippen LogP contribution in [0, 0.1) is 0 Å². The van der Waals surface area contributed by atoms with Crippen LogP contribution in [0.15, 0.2) is 65.5 Å². The van der Waals surface area contributed by atoms with Gasteiger partial charge in [0, 0.05) is 23.2 Å². The zero-order chi connectivity index (χ0) is 17.6. The number of aryl methyl sites for hydroxylation is 1. The van der Waals surface area contributed by atoms with Gasteiger partial charge in [-0.1, -0.05) is 49.7 Å². The van der Waals surface area contributed by atoms with E-state index in [1.54, 1.807) is 18.2 Å². The Morgan fingerprint density at radius 1 is 1.12 bits per heavy atom. The molecule has 1 aromatic heterocycles. The van der Waals surface area contributed by atoms with Gasteiger partial charge < -0.3 is 10.3 Å². The summed E-state index contributed by atoms with van der Waals surface area (Å²) in [6.07, 6.45) is 5.08. The van der Waals surface area contributed by atoms with Crippen molar-refractivity contribution >= 4 is 28.6 Å². The van der Waals surface area contributed by atoms with E-state index in [1.165, 1.54) is 6.08 Å². The largest absolute Gasteiger partial charge is 0.322 e. The highest BCUT2D eigenvalue weighted by atomic mass is 16.1. The van der Waals surface area contributed by atoms with Crippen LogP contribution in [0.4, 0.5) is 5.69 Å². The molecule has 0 unspecified atom stereocenters. The van der Waals surface area contributed by atoms with Crippen LogP contribution in [0.25, 0.3) is 17.0 Å². The maximum absolute atomic E-state index is 12.1. The first-order chi connectivity index (χ1) is 12.2. The first-order valence-corrected chi connectivity index (χ1v) is 8.36. The van der Waals surface area contributed by atoms with Gasteiger partial charge >= 0.3 is 0 Å². The summed E-state index contributed by atoms with van der Waals surface area (Å²) >= 11 is 0. The molecule has 0 saturated carbocycles. The molecule has 126 valence electrons. The molecule has 2 N–H and O–H groups in total. The molecule has 0 aliphatic carbocycles. The van der Waals surface area contributed by atoms with Gasteiger partial charge in [0.1, 0.15) is 0 Å². The van der Waals surface area contributed by atoms with Crippen LogP contribution in [-0.4, -0.2) is 10.9 Å². The fourth-order valence-electron chi connectivity index (χ4n) is 2.81. The Hall–Kier alpha value is -3.14. The number of amides is 1. The molecule has 1 amide bonds. The average molecular weight is 332 g/mol. The molecule has 0 radical (unpaired) electrons. The van der Waals surface area contributed by atoms with Crippen molar-refractivity contribution in [3.8, 4) is 0 Å². The maximum atomic E-state index is 12.1. The third kappa shape index (κ3) is 4.23. The number of H-pyrrole nitrogens is 1. The van der Waals surface area contributed by atoms with E-state index in [9.17, 15) is 9.59 Å². The molecule has 0 fully saturated rings. The number of pyridine rings is 1. The molecule has 0 bridgehead atoms. The minimum Gasteiger partial charge on any atom is -0.322 e. The number of fused-ring (bicyclic) bond motifs is 1. The summed E-state index contributed by atoms with van der Waals surface area (Å²) in [5.74, 6) is -0.213. The topological polar surface area (TPSA) is 62.0 Å². The van der Waals surface area contributed by atoms with Crippen LogP contribution in [0.3, 0.4) is 0 Å². The second kappa shape index (κ2) is 7.62. The van der Waals surface area contributed by atoms with E-state index in [2.05, 4.69) is 17.2 Å². The summed E-state index contributed by atoms with van der Waals surface area (Å²) in [7, 11) is 0. The number of hydrogen-bond acceptors (Lipinski definition) is 2. The van der Waals surface area contributed by atoms with Crippen LogP contribution in [0.2, 0.25) is 0 Å². The Morgan fingerprint density at radius 2 is 1.92 bits per heavy atom. The molecule has 0 aliphatic rings. The highest BCUT2D eigenvalue weighted by molar-refractivity contribution is 6.03. The summed E-state index contributed by atoms with van der Waals surface area (Å²) in [6.45, 7) is 2.08. The fourth-order valence-corrected chi connectivity index (χ4v) is 2.81. The molecule has 3 rings (SSSR count). The Bertz CT molecular complexity index is 972. The van der Waals surface area contributed by atoms with Crippen LogP contribution in [0.5, 0.6) is 0 Å². The van der Waals surface area contributed by atoms with E-state index in [1.807, 2.05) is 42.5 Å². The van der Waals surface area contributed by atoms with Gasteiger partial charge in [0.15, 0.2) is 0 Å². The van der Waals surface area contributed by atoms with Gasteiger partial charge in [0.05, 0.1) is 5.52 Å². The summed E-state index contributed by atoms with van der Waals surface area (Å²) in [6, 6.07) is 16.9. The smallest absolute Gasteiger partial charge is 0.248 e. The van der Waals surface area contributed by atoms with Crippen molar-refractivity contribution < 1.29 is 4.79 Å². The molecule has 25 heavy (non-hydrogen) atoms. The average Bonchev–Trinajstić information content (AvgIpc) is 2.61. The van der Waals surface area contributed by atoms with Gasteiger partial charge in [-0.2, -0.15) is 0 Å². The second-order valence-electron chi connectivity index (χ2n) is 5.90. The minimum atomic E-state index is -0.213. The molecular weight excluding hydrogens is 312 g/mol. The lowest BCUT2D eigenvalue weighted by Gasteiger charge is -2.08. The number of aromatic amines is 1. The zero-order valence-electron chi connectivity index (χ0n) is 14.1. The van der Waals surface area contributed by atoms with Crippen molar-refractivity contribution in [2.45, 2.75) is 19.8 Å². The highest BCUT2D eigenvalue weighted by Crippen LogP contribution is 2.20. The van der Waals surface area contributed by atoms with Crippen molar-refractivity contribution in [3.63, 3.8) is 0 Å². The monoisotopic (exact) mass is 332 g/mol. The highest BCUT2D eigenvalue weighted by Gasteiger charge is 2.05. The van der Waals surface area contributed by atoms with Crippen LogP contribution < -0.4 is 10.9 Å². The molecule has 0 saturated heterocycles. The van der Waals surface area contributed by atoms with E-state index in [0.717, 1.165) is 34.9 Å². The molecular formula is C21H20N2O2. The molecule has 4 heteroatoms. The fraction of sp³-hybridized carbons (Fsp3) is 0.143. The molecule has 3 aromatic rings. The van der Waals surface area contributed by atoms with Crippen LogP contribution in [-0.2, 0) is 11.2 Å². The Balaban J connectivity index is 1.81. The van der Waals surface area contributed by atoms with Crippen LogP contribution in [0.1, 0.15) is 24.5 Å². The molecule has 0 atom stereocenters. The number of rotatable bonds is 5. The molecule has 1 heterocycles. The van der Waals surface area contributed by atoms with Crippen molar-refractivity contribution in [2.24, 2.45) is 0 Å². The summed E-state index contributed by atoms with van der Waals surface area (Å²) in [4.78, 5) is 26.7. The van der Waals surface area contributed by atoms with Crippen molar-refractivity contribution in [1.82, 2.24) is 4.98 Å². The number of hydrogen-bond donors (Lipinski definition) is 2. The zero-order valence-corrected chi connectivity index (χ0v) is 14.1. The van der Waals surface area contributed by atoms with Gasteiger partial charge in [-0.15, -0.1) is 0 Å². The predicted octanol–water partition coefficient (Wildman–Crippen LogP) is 4.13. The van der Waals surface area contributed by atoms with E-state index in [-0.39, 0.29) is 11.5 Å². The second-order valence-corrected chi connectivity index (χ2v) is 5.90. The lowest BCUT2D eigenvalue weighted by Crippen LogP contribution is -2.09. The summed E-state index contributed by atoms with van der Waals surface area (Å²) in [5, 5.41) is 3.84. The Labute approximate surface area is 146 Å². The van der Waals surface area contributed by atoms with Gasteiger partial charge in [-0.05, 0) is 35.8 Å². The first-order valence-electron chi connectivity index (χ1n) is 8.36. The van der Waals surface area contributed by atoms with Gasteiger partial charge in [0.2, 0.25) is 11.5 Å². The predicted molar refractivity (Wildman–Crippen MR) is 103 cm³/mol. The maximum Gasteiger partial charge on any atom is 0.248 e. The van der Waals surface area contributed by atoms with E-state index < -0.39 is 0 Å². The quantitative estimate of drug-likeness (QED) is 0.690. The van der Waals surface area contributed by atoms with Gasteiger partial charge in [-0.25, -0.2) is 0 Å². The molecule has 0 aliphatic heterocycles.